The van der Waals surface area contributed by atoms with Crippen molar-refractivity contribution in [3.8, 4) is 0 Å². The first-order chi connectivity index (χ1) is 15.9. The molecule has 0 aliphatic heterocycles. The molecule has 33 heavy (non-hydrogen) atoms. The van der Waals surface area contributed by atoms with E-state index >= 15 is 0 Å². The Hall–Kier alpha value is -3.49. The highest BCUT2D eigenvalue weighted by Crippen LogP contribution is 2.26. The van der Waals surface area contributed by atoms with Crippen LogP contribution in [0, 0.1) is 0 Å². The summed E-state index contributed by atoms with van der Waals surface area (Å²) < 4.78 is 28.4. The number of benzene rings is 4. The van der Waals surface area contributed by atoms with Gasteiger partial charge in [0.1, 0.15) is 6.54 Å². The number of hydrogen-bond acceptors (Lipinski definition) is 4. The van der Waals surface area contributed by atoms with Crippen LogP contribution in [0.1, 0.15) is 5.56 Å². The summed E-state index contributed by atoms with van der Waals surface area (Å²) in [5.41, 5.74) is 3.65. The van der Waals surface area contributed by atoms with E-state index in [0.29, 0.717) is 10.2 Å². The highest BCUT2D eigenvalue weighted by Gasteiger charge is 2.27. The second-order valence-corrected chi connectivity index (χ2v) is 9.94. The van der Waals surface area contributed by atoms with Crippen LogP contribution in [0.2, 0.25) is 0 Å². The van der Waals surface area contributed by atoms with E-state index < -0.39 is 22.5 Å². The third kappa shape index (κ3) is 5.30. The van der Waals surface area contributed by atoms with Gasteiger partial charge < -0.3 is 0 Å². The Labute approximate surface area is 200 Å². The molecular weight excluding hydrogens is 502 g/mol. The van der Waals surface area contributed by atoms with Crippen LogP contribution in [0.15, 0.2) is 112 Å². The third-order valence-corrected chi connectivity index (χ3v) is 7.21. The van der Waals surface area contributed by atoms with E-state index in [4.69, 9.17) is 0 Å². The maximum absolute atomic E-state index is 13.3. The molecule has 1 amide bonds. The van der Waals surface area contributed by atoms with Gasteiger partial charge in [-0.25, -0.2) is 13.8 Å². The summed E-state index contributed by atoms with van der Waals surface area (Å²) in [6, 6.07) is 28.4. The summed E-state index contributed by atoms with van der Waals surface area (Å²) in [5, 5.41) is 6.11. The molecule has 0 atom stereocenters. The van der Waals surface area contributed by atoms with Gasteiger partial charge in [-0.3, -0.25) is 9.10 Å². The van der Waals surface area contributed by atoms with Crippen LogP contribution in [-0.2, 0) is 14.8 Å². The lowest BCUT2D eigenvalue weighted by Crippen LogP contribution is -2.39. The monoisotopic (exact) mass is 521 g/mol. The molecule has 6 nitrogen and oxygen atoms in total. The molecule has 4 aromatic rings. The van der Waals surface area contributed by atoms with Crippen LogP contribution in [0.4, 0.5) is 5.69 Å². The van der Waals surface area contributed by atoms with E-state index in [1.165, 1.54) is 12.1 Å². The molecule has 0 fully saturated rings. The Kier molecular flexibility index (Phi) is 6.86. The van der Waals surface area contributed by atoms with Gasteiger partial charge in [0, 0.05) is 10.0 Å². The summed E-state index contributed by atoms with van der Waals surface area (Å²) >= 11 is 3.36. The number of carbonyl (C=O) groups excluding carboxylic acids is 1. The number of rotatable bonds is 7. The zero-order chi connectivity index (χ0) is 23.3. The van der Waals surface area contributed by atoms with Crippen molar-refractivity contribution in [1.29, 1.82) is 0 Å². The van der Waals surface area contributed by atoms with Crippen LogP contribution in [0.25, 0.3) is 10.8 Å². The Morgan fingerprint density at radius 1 is 0.909 bits per heavy atom. The van der Waals surface area contributed by atoms with Gasteiger partial charge in [-0.2, -0.15) is 5.10 Å². The second-order valence-electron chi connectivity index (χ2n) is 7.17. The number of anilines is 1. The molecule has 0 radical (unpaired) electrons. The number of hydrazone groups is 1. The fraction of sp³-hybridized carbons (Fsp3) is 0.0400. The first kappa shape index (κ1) is 22.7. The van der Waals surface area contributed by atoms with Gasteiger partial charge in [0.25, 0.3) is 15.9 Å². The van der Waals surface area contributed by atoms with E-state index in [-0.39, 0.29) is 4.90 Å². The van der Waals surface area contributed by atoms with Crippen molar-refractivity contribution < 1.29 is 13.2 Å². The van der Waals surface area contributed by atoms with E-state index in [1.807, 2.05) is 42.5 Å². The Balaban J connectivity index is 1.57. The average Bonchev–Trinajstić information content (AvgIpc) is 2.83. The molecule has 0 bridgehead atoms. The van der Waals surface area contributed by atoms with Crippen LogP contribution >= 0.6 is 15.9 Å². The molecular formula is C25H20BrN3O3S. The summed E-state index contributed by atoms with van der Waals surface area (Å²) in [4.78, 5) is 12.8. The fourth-order valence-corrected chi connectivity index (χ4v) is 5.19. The first-order valence-electron chi connectivity index (χ1n) is 10.1. The second kappa shape index (κ2) is 9.97. The summed E-state index contributed by atoms with van der Waals surface area (Å²) in [6.45, 7) is -0.430. The Bertz CT molecular complexity index is 1420. The molecule has 1 N–H and O–H groups in total. The lowest BCUT2D eigenvalue weighted by atomic mass is 10.1. The van der Waals surface area contributed by atoms with E-state index in [2.05, 4.69) is 26.5 Å². The number of nitrogens with one attached hydrogen (secondary N) is 1. The molecule has 0 aliphatic rings. The topological polar surface area (TPSA) is 78.8 Å². The summed E-state index contributed by atoms with van der Waals surface area (Å²) in [7, 11) is -3.97. The number of nitrogens with zero attached hydrogens (tertiary/aromatic N) is 2. The van der Waals surface area contributed by atoms with E-state index in [9.17, 15) is 13.2 Å². The maximum Gasteiger partial charge on any atom is 0.264 e. The van der Waals surface area contributed by atoms with Crippen molar-refractivity contribution in [2.45, 2.75) is 4.90 Å². The Morgan fingerprint density at radius 2 is 1.61 bits per heavy atom. The van der Waals surface area contributed by atoms with Gasteiger partial charge in [0.05, 0.1) is 16.8 Å². The van der Waals surface area contributed by atoms with Crippen LogP contribution in [0.3, 0.4) is 0 Å². The third-order valence-electron chi connectivity index (χ3n) is 4.93. The van der Waals surface area contributed by atoms with Gasteiger partial charge in [0.2, 0.25) is 0 Å². The number of amides is 1. The van der Waals surface area contributed by atoms with Gasteiger partial charge in [-0.15, -0.1) is 0 Å². The number of carbonyl (C=O) groups is 1. The van der Waals surface area contributed by atoms with Crippen LogP contribution in [-0.4, -0.2) is 27.1 Å². The van der Waals surface area contributed by atoms with E-state index in [1.54, 1.807) is 48.7 Å². The predicted octanol–water partition coefficient (Wildman–Crippen LogP) is 4.95. The van der Waals surface area contributed by atoms with Crippen molar-refractivity contribution in [3.05, 3.63) is 107 Å². The minimum absolute atomic E-state index is 0.0945. The van der Waals surface area contributed by atoms with Gasteiger partial charge >= 0.3 is 0 Å². The molecule has 4 rings (SSSR count). The maximum atomic E-state index is 13.3. The van der Waals surface area contributed by atoms with Crippen molar-refractivity contribution in [3.63, 3.8) is 0 Å². The lowest BCUT2D eigenvalue weighted by molar-refractivity contribution is -0.119. The number of sulfonamides is 1. The largest absolute Gasteiger partial charge is 0.271 e. The molecule has 0 saturated carbocycles. The van der Waals surface area contributed by atoms with Crippen molar-refractivity contribution >= 4 is 54.5 Å². The predicted molar refractivity (Wildman–Crippen MR) is 135 cm³/mol. The molecule has 0 saturated heterocycles. The number of fused-ring (bicyclic) bond motifs is 1. The standard InChI is InChI=1S/C25H20BrN3O3S/c26-21-11-7-12-22(16-21)29(33(31,32)23-13-2-1-3-14-23)18-25(30)28-27-17-20-10-6-9-19-8-4-5-15-24(19)20/h1-17H,18H2,(H,28,30). The van der Waals surface area contributed by atoms with Crippen molar-refractivity contribution in [1.82, 2.24) is 5.43 Å². The molecule has 4 aromatic carbocycles. The number of halogens is 1. The first-order valence-corrected chi connectivity index (χ1v) is 12.3. The van der Waals surface area contributed by atoms with Gasteiger partial charge in [-0.05, 0) is 41.1 Å². The van der Waals surface area contributed by atoms with E-state index in [0.717, 1.165) is 20.6 Å². The van der Waals surface area contributed by atoms with Crippen molar-refractivity contribution in [2.24, 2.45) is 5.10 Å². The zero-order valence-electron chi connectivity index (χ0n) is 17.4. The molecule has 0 spiro atoms. The van der Waals surface area contributed by atoms with Gasteiger partial charge in [-0.1, -0.05) is 82.7 Å². The SMILES string of the molecule is O=C(CN(c1cccc(Br)c1)S(=O)(=O)c1ccccc1)NN=Cc1cccc2ccccc12. The van der Waals surface area contributed by atoms with Crippen LogP contribution < -0.4 is 9.73 Å². The highest BCUT2D eigenvalue weighted by atomic mass is 79.9. The molecule has 0 aromatic heterocycles. The Morgan fingerprint density at radius 3 is 2.39 bits per heavy atom. The van der Waals surface area contributed by atoms with Crippen LogP contribution in [0.5, 0.6) is 0 Å². The number of hydrogen-bond donors (Lipinski definition) is 1. The zero-order valence-corrected chi connectivity index (χ0v) is 19.8. The molecule has 166 valence electrons. The lowest BCUT2D eigenvalue weighted by Gasteiger charge is -2.23. The smallest absolute Gasteiger partial charge is 0.264 e. The van der Waals surface area contributed by atoms with Crippen molar-refractivity contribution in [2.75, 3.05) is 10.8 Å². The minimum Gasteiger partial charge on any atom is -0.271 e. The fourth-order valence-electron chi connectivity index (χ4n) is 3.37. The highest BCUT2D eigenvalue weighted by molar-refractivity contribution is 9.10. The normalized spacial score (nSPS) is 11.5. The van der Waals surface area contributed by atoms with Gasteiger partial charge in [0.15, 0.2) is 0 Å². The molecule has 0 aliphatic carbocycles. The quantitative estimate of drug-likeness (QED) is 0.276. The summed E-state index contributed by atoms with van der Waals surface area (Å²) in [6.07, 6.45) is 1.55. The molecule has 8 heteroatoms. The molecule has 0 heterocycles. The average molecular weight is 522 g/mol. The minimum atomic E-state index is -3.97. The molecule has 0 unspecified atom stereocenters. The summed E-state index contributed by atoms with van der Waals surface area (Å²) in [5.74, 6) is -0.564.